The van der Waals surface area contributed by atoms with Gasteiger partial charge in [-0.05, 0) is 96.0 Å². The largest absolute Gasteiger partial charge is 0.493 e. The third-order valence-electron chi connectivity index (χ3n) is 13.9. The normalized spacial score (nSPS) is 20.6. The predicted molar refractivity (Wildman–Crippen MR) is 247 cm³/mol. The summed E-state index contributed by atoms with van der Waals surface area (Å²) in [5, 5.41) is 5.50. The van der Waals surface area contributed by atoms with Crippen molar-refractivity contribution in [2.45, 2.75) is 82.6 Å². The summed E-state index contributed by atoms with van der Waals surface area (Å²) >= 11 is 0. The summed E-state index contributed by atoms with van der Waals surface area (Å²) in [6, 6.07) is 26.4. The van der Waals surface area contributed by atoms with Crippen molar-refractivity contribution in [2.75, 3.05) is 27.4 Å². The number of rotatable bonds is 10. The first-order valence-corrected chi connectivity index (χ1v) is 22.9. The molecule has 6 unspecified atom stereocenters. The van der Waals surface area contributed by atoms with Crippen LogP contribution < -0.4 is 15.4 Å². The molecule has 340 valence electrons. The highest BCUT2D eigenvalue weighted by Crippen LogP contribution is 2.51. The molecular formula is C51H54N8O7. The Morgan fingerprint density at radius 2 is 1.56 bits per heavy atom. The highest BCUT2D eigenvalue weighted by molar-refractivity contribution is 5.89. The van der Waals surface area contributed by atoms with Crippen LogP contribution in [0.1, 0.15) is 86.9 Å². The number of nitrogens with zero attached hydrogens (tertiary/aromatic N) is 4. The molecule has 1 aliphatic carbocycles. The maximum Gasteiger partial charge on any atom is 0.407 e. The van der Waals surface area contributed by atoms with Crippen molar-refractivity contribution >= 4 is 35.0 Å². The van der Waals surface area contributed by atoms with Gasteiger partial charge in [-0.15, -0.1) is 0 Å². The van der Waals surface area contributed by atoms with Crippen LogP contribution in [0, 0.1) is 11.8 Å². The first-order chi connectivity index (χ1) is 32.1. The maximum absolute atomic E-state index is 14.4. The number of amides is 4. The number of H-pyrrole nitrogens is 2. The van der Waals surface area contributed by atoms with Gasteiger partial charge in [-0.1, -0.05) is 74.5 Å². The summed E-state index contributed by atoms with van der Waals surface area (Å²) in [4.78, 5) is 73.3. The molecular weight excluding hydrogens is 837 g/mol. The van der Waals surface area contributed by atoms with E-state index in [1.165, 1.54) is 19.8 Å². The number of benzene rings is 4. The van der Waals surface area contributed by atoms with Gasteiger partial charge in [-0.2, -0.15) is 0 Å². The van der Waals surface area contributed by atoms with Gasteiger partial charge < -0.3 is 44.6 Å². The number of likely N-dealkylation sites (tertiary alicyclic amines) is 2. The molecule has 3 aliphatic heterocycles. The first-order valence-electron chi connectivity index (χ1n) is 22.9. The molecule has 15 heteroatoms. The van der Waals surface area contributed by atoms with Gasteiger partial charge in [0.1, 0.15) is 29.5 Å². The van der Waals surface area contributed by atoms with Crippen molar-refractivity contribution in [3.05, 3.63) is 114 Å². The molecule has 3 fully saturated rings. The van der Waals surface area contributed by atoms with E-state index in [-0.39, 0.29) is 41.8 Å². The highest BCUT2D eigenvalue weighted by atomic mass is 16.5. The predicted octanol–water partition coefficient (Wildman–Crippen LogP) is 8.42. The Hall–Kier alpha value is -7.16. The molecule has 10 rings (SSSR count). The number of fused-ring (bicyclic) bond motifs is 6. The number of carbonyl (C=O) groups is 4. The molecule has 2 bridgehead atoms. The lowest BCUT2D eigenvalue weighted by atomic mass is 9.93. The van der Waals surface area contributed by atoms with E-state index in [9.17, 15) is 19.2 Å². The monoisotopic (exact) mass is 890 g/mol. The van der Waals surface area contributed by atoms with Gasteiger partial charge in [0.2, 0.25) is 5.91 Å². The van der Waals surface area contributed by atoms with Crippen molar-refractivity contribution in [1.29, 1.82) is 0 Å². The van der Waals surface area contributed by atoms with Crippen LogP contribution >= 0.6 is 0 Å². The number of nitrogens with one attached hydrogen (secondary N) is 4. The van der Waals surface area contributed by atoms with Gasteiger partial charge in [0.25, 0.3) is 5.91 Å². The summed E-state index contributed by atoms with van der Waals surface area (Å²) in [5.74, 6) is 2.09. The fraction of sp³-hybridized carbons (Fsp3) is 0.373. The number of hydrogen-bond donors (Lipinski definition) is 4. The molecule has 0 radical (unpaired) electrons. The minimum atomic E-state index is -0.884. The average molecular weight is 891 g/mol. The molecule has 6 aromatic rings. The van der Waals surface area contributed by atoms with Gasteiger partial charge in [0.05, 0.1) is 55.8 Å². The molecule has 5 heterocycles. The summed E-state index contributed by atoms with van der Waals surface area (Å²) < 4.78 is 16.1. The Bertz CT molecular complexity index is 2820. The smallest absolute Gasteiger partial charge is 0.407 e. The van der Waals surface area contributed by atoms with Crippen LogP contribution in [0.3, 0.4) is 0 Å². The van der Waals surface area contributed by atoms with Gasteiger partial charge >= 0.3 is 12.2 Å². The minimum Gasteiger partial charge on any atom is -0.493 e. The number of hydrogen-bond acceptors (Lipinski definition) is 9. The van der Waals surface area contributed by atoms with Crippen LogP contribution in [0.4, 0.5) is 9.59 Å². The fourth-order valence-corrected chi connectivity index (χ4v) is 10.7. The zero-order valence-electron chi connectivity index (χ0n) is 37.5. The number of carbonyl (C=O) groups excluding carboxylic acids is 4. The van der Waals surface area contributed by atoms with E-state index in [0.29, 0.717) is 24.5 Å². The topological polar surface area (TPSA) is 184 Å². The SMILES string of the molecule is COC(=O)NC(C(=O)N1C2CCC(C2)C1c1nc2ccc(-c3ccc4c(c3)CCOc3cc(-c5cnc(C6CCCN6C(=O)C(NC(=O)OC)C(C)C)[nH]5)ccc3-4)cc2[nH]1)c1ccccc1. The van der Waals surface area contributed by atoms with Crippen molar-refractivity contribution in [3.8, 4) is 39.3 Å². The molecule has 2 aromatic heterocycles. The van der Waals surface area contributed by atoms with E-state index < -0.39 is 24.3 Å². The molecule has 1 saturated carbocycles. The summed E-state index contributed by atoms with van der Waals surface area (Å²) in [5.41, 5.74) is 9.61. The highest BCUT2D eigenvalue weighted by Gasteiger charge is 2.51. The Balaban J connectivity index is 0.876. The molecule has 4 aromatic carbocycles. The number of aromatic amines is 2. The first kappa shape index (κ1) is 42.8. The lowest BCUT2D eigenvalue weighted by Gasteiger charge is -2.36. The fourth-order valence-electron chi connectivity index (χ4n) is 10.7. The van der Waals surface area contributed by atoms with Crippen molar-refractivity contribution in [1.82, 2.24) is 40.4 Å². The van der Waals surface area contributed by atoms with E-state index in [4.69, 9.17) is 24.2 Å². The quantitative estimate of drug-likeness (QED) is 0.105. The molecule has 4 N–H and O–H groups in total. The zero-order chi connectivity index (χ0) is 45.6. The van der Waals surface area contributed by atoms with Crippen LogP contribution in [0.25, 0.3) is 44.5 Å². The van der Waals surface area contributed by atoms with Crippen LogP contribution in [-0.2, 0) is 25.5 Å². The Morgan fingerprint density at radius 1 is 0.803 bits per heavy atom. The van der Waals surface area contributed by atoms with Crippen LogP contribution in [-0.4, -0.2) is 93.2 Å². The molecule has 4 amide bonds. The molecule has 0 spiro atoms. The molecule has 2 saturated heterocycles. The third kappa shape index (κ3) is 7.89. The number of ether oxygens (including phenoxy) is 3. The van der Waals surface area contributed by atoms with E-state index in [0.717, 1.165) is 94.6 Å². The number of alkyl carbamates (subject to hydrolysis) is 2. The van der Waals surface area contributed by atoms with Gasteiger partial charge in [0.15, 0.2) is 0 Å². The molecule has 66 heavy (non-hydrogen) atoms. The lowest BCUT2D eigenvalue weighted by molar-refractivity contribution is -0.138. The number of piperidine rings is 1. The van der Waals surface area contributed by atoms with Crippen molar-refractivity contribution in [2.24, 2.45) is 11.8 Å². The Kier molecular flexibility index (Phi) is 11.5. The van der Waals surface area contributed by atoms with Crippen LogP contribution in [0.2, 0.25) is 0 Å². The zero-order valence-corrected chi connectivity index (χ0v) is 37.5. The molecule has 4 aliphatic rings. The maximum atomic E-state index is 14.4. The third-order valence-corrected chi connectivity index (χ3v) is 13.9. The number of methoxy groups -OCH3 is 2. The summed E-state index contributed by atoms with van der Waals surface area (Å²) in [6.07, 6.45) is 5.68. The molecule has 15 nitrogen and oxygen atoms in total. The Labute approximate surface area is 382 Å². The average Bonchev–Trinajstić information content (AvgIpc) is 4.20. The van der Waals surface area contributed by atoms with Crippen molar-refractivity contribution in [3.63, 3.8) is 0 Å². The van der Waals surface area contributed by atoms with E-state index in [2.05, 4.69) is 63.1 Å². The van der Waals surface area contributed by atoms with Crippen molar-refractivity contribution < 1.29 is 33.4 Å². The van der Waals surface area contributed by atoms with Gasteiger partial charge in [-0.3, -0.25) is 9.59 Å². The number of aromatic nitrogens is 4. The number of imidazole rings is 2. The van der Waals surface area contributed by atoms with E-state index in [1.807, 2.05) is 66.1 Å². The summed E-state index contributed by atoms with van der Waals surface area (Å²) in [6.45, 7) is 4.90. The second-order valence-corrected chi connectivity index (χ2v) is 18.2. The molecule has 6 atom stereocenters. The Morgan fingerprint density at radius 3 is 2.36 bits per heavy atom. The van der Waals surface area contributed by atoms with Crippen LogP contribution in [0.5, 0.6) is 5.75 Å². The second kappa shape index (κ2) is 17.7. The minimum absolute atomic E-state index is 0.0648. The lowest BCUT2D eigenvalue weighted by Crippen LogP contribution is -2.51. The standard InChI is InChI=1S/C51H54N8O7/c1-28(2)43(56-50(62)64-3)48(60)58-21-8-11-41(58)46-52-27-40(55-46)33-14-18-37-36-17-13-30(23-32(36)20-22-66-42(37)26-33)31-15-19-38-39(25-31)54-47(53-38)45-34-12-16-35(24-34)59(45)49(61)44(57-51(63)65-4)29-9-6-5-7-10-29/h5-7,9-10,13-15,17-19,23,25-28,34-35,41,43-45H,8,11-12,16,20-22,24H2,1-4H3,(H,52,55)(H,53,54)(H,56,62)(H,57,63). The van der Waals surface area contributed by atoms with Crippen LogP contribution in [0.15, 0.2) is 91.1 Å². The van der Waals surface area contributed by atoms with E-state index >= 15 is 0 Å². The second-order valence-electron chi connectivity index (χ2n) is 18.2. The summed E-state index contributed by atoms with van der Waals surface area (Å²) in [7, 11) is 2.59. The van der Waals surface area contributed by atoms with Gasteiger partial charge in [0, 0.05) is 30.1 Å². The van der Waals surface area contributed by atoms with Gasteiger partial charge in [-0.25, -0.2) is 19.6 Å². The van der Waals surface area contributed by atoms with E-state index in [1.54, 1.807) is 6.20 Å².